The molecule has 1 aliphatic heterocycles. The van der Waals surface area contributed by atoms with Gasteiger partial charge in [-0.05, 0) is 19.8 Å². The summed E-state index contributed by atoms with van der Waals surface area (Å²) in [5.74, 6) is 0.151. The standard InChI is InChI=1S/C7H15N3O/c1-7(10-6(8)9)3-2-4-11-5-7/h2-5H2,1H3,(H4,8,9,10). The maximum Gasteiger partial charge on any atom is 0.186 e. The van der Waals surface area contributed by atoms with Gasteiger partial charge >= 0.3 is 0 Å². The number of aliphatic imine (C=N–C) groups is 1. The first-order valence-electron chi connectivity index (χ1n) is 3.81. The minimum absolute atomic E-state index is 0.151. The van der Waals surface area contributed by atoms with Gasteiger partial charge in [-0.25, -0.2) is 4.99 Å². The summed E-state index contributed by atoms with van der Waals surface area (Å²) in [5, 5.41) is 0. The second kappa shape index (κ2) is 3.09. The Balaban J connectivity index is 2.57. The summed E-state index contributed by atoms with van der Waals surface area (Å²) in [4.78, 5) is 4.12. The van der Waals surface area contributed by atoms with Crippen LogP contribution < -0.4 is 11.5 Å². The molecule has 0 bridgehead atoms. The fraction of sp³-hybridized carbons (Fsp3) is 0.857. The molecule has 4 heteroatoms. The van der Waals surface area contributed by atoms with Crippen molar-refractivity contribution in [2.75, 3.05) is 13.2 Å². The highest BCUT2D eigenvalue weighted by Crippen LogP contribution is 2.22. The SMILES string of the molecule is CC1(N=C(N)N)CCCOC1. The molecule has 0 aliphatic carbocycles. The summed E-state index contributed by atoms with van der Waals surface area (Å²) >= 11 is 0. The lowest BCUT2D eigenvalue weighted by Gasteiger charge is -2.29. The summed E-state index contributed by atoms with van der Waals surface area (Å²) in [7, 11) is 0. The Morgan fingerprint density at radius 2 is 2.27 bits per heavy atom. The number of ether oxygens (including phenoxy) is 1. The van der Waals surface area contributed by atoms with Crippen molar-refractivity contribution in [3.8, 4) is 0 Å². The first-order chi connectivity index (χ1) is 5.12. The normalized spacial score (nSPS) is 31.4. The van der Waals surface area contributed by atoms with Crippen LogP contribution in [0.15, 0.2) is 4.99 Å². The number of rotatable bonds is 1. The zero-order valence-electron chi connectivity index (χ0n) is 6.84. The third-order valence-electron chi connectivity index (χ3n) is 1.82. The van der Waals surface area contributed by atoms with Gasteiger partial charge in [0, 0.05) is 6.61 Å². The largest absolute Gasteiger partial charge is 0.379 e. The molecule has 0 radical (unpaired) electrons. The van der Waals surface area contributed by atoms with Gasteiger partial charge in [0.15, 0.2) is 5.96 Å². The van der Waals surface area contributed by atoms with E-state index in [0.717, 1.165) is 19.4 Å². The highest BCUT2D eigenvalue weighted by molar-refractivity contribution is 5.76. The number of nitrogens with two attached hydrogens (primary N) is 2. The molecule has 0 spiro atoms. The van der Waals surface area contributed by atoms with Gasteiger partial charge in [-0.3, -0.25) is 0 Å². The number of guanidine groups is 1. The topological polar surface area (TPSA) is 73.6 Å². The van der Waals surface area contributed by atoms with Crippen LogP contribution in [-0.2, 0) is 4.74 Å². The highest BCUT2D eigenvalue weighted by Gasteiger charge is 2.26. The van der Waals surface area contributed by atoms with Crippen molar-refractivity contribution in [2.24, 2.45) is 16.5 Å². The molecule has 1 rings (SSSR count). The first kappa shape index (κ1) is 8.33. The van der Waals surface area contributed by atoms with Gasteiger partial charge in [0.2, 0.25) is 0 Å². The first-order valence-corrected chi connectivity index (χ1v) is 3.81. The fourth-order valence-corrected chi connectivity index (χ4v) is 1.32. The molecule has 1 fully saturated rings. The van der Waals surface area contributed by atoms with Crippen molar-refractivity contribution >= 4 is 5.96 Å². The smallest absolute Gasteiger partial charge is 0.186 e. The summed E-state index contributed by atoms with van der Waals surface area (Å²) in [6, 6.07) is 0. The van der Waals surface area contributed by atoms with Crippen LogP contribution >= 0.6 is 0 Å². The summed E-state index contributed by atoms with van der Waals surface area (Å²) in [6.07, 6.45) is 2.04. The molecule has 11 heavy (non-hydrogen) atoms. The average molecular weight is 157 g/mol. The highest BCUT2D eigenvalue weighted by atomic mass is 16.5. The van der Waals surface area contributed by atoms with E-state index < -0.39 is 0 Å². The van der Waals surface area contributed by atoms with E-state index in [9.17, 15) is 0 Å². The lowest BCUT2D eigenvalue weighted by molar-refractivity contribution is 0.0467. The molecule has 4 nitrogen and oxygen atoms in total. The predicted molar refractivity (Wildman–Crippen MR) is 44.3 cm³/mol. The molecule has 1 saturated heterocycles. The molecule has 1 heterocycles. The zero-order valence-corrected chi connectivity index (χ0v) is 6.84. The molecule has 1 unspecified atom stereocenters. The van der Waals surface area contributed by atoms with Gasteiger partial charge in [0.05, 0.1) is 12.1 Å². The van der Waals surface area contributed by atoms with Crippen LogP contribution in [0.5, 0.6) is 0 Å². The molecule has 0 aromatic rings. The Hall–Kier alpha value is -0.770. The van der Waals surface area contributed by atoms with Crippen molar-refractivity contribution in [1.82, 2.24) is 0 Å². The van der Waals surface area contributed by atoms with Crippen molar-refractivity contribution in [1.29, 1.82) is 0 Å². The zero-order chi connectivity index (χ0) is 8.32. The Bertz CT molecular complexity index is 157. The van der Waals surface area contributed by atoms with Crippen LogP contribution in [0.2, 0.25) is 0 Å². The Kier molecular flexibility index (Phi) is 2.34. The van der Waals surface area contributed by atoms with E-state index in [-0.39, 0.29) is 11.5 Å². The molecular weight excluding hydrogens is 142 g/mol. The van der Waals surface area contributed by atoms with Crippen LogP contribution in [0.4, 0.5) is 0 Å². The van der Waals surface area contributed by atoms with Gasteiger partial charge in [-0.15, -0.1) is 0 Å². The second-order valence-electron chi connectivity index (χ2n) is 3.19. The van der Waals surface area contributed by atoms with E-state index in [1.54, 1.807) is 0 Å². The van der Waals surface area contributed by atoms with Gasteiger partial charge in [-0.1, -0.05) is 0 Å². The minimum atomic E-state index is -0.183. The van der Waals surface area contributed by atoms with E-state index in [1.165, 1.54) is 0 Å². The summed E-state index contributed by atoms with van der Waals surface area (Å²) in [6.45, 7) is 3.46. The van der Waals surface area contributed by atoms with E-state index in [2.05, 4.69) is 4.99 Å². The lowest BCUT2D eigenvalue weighted by Crippen LogP contribution is -2.38. The Morgan fingerprint density at radius 3 is 2.73 bits per heavy atom. The third-order valence-corrected chi connectivity index (χ3v) is 1.82. The lowest BCUT2D eigenvalue weighted by atomic mass is 9.96. The molecule has 1 atom stereocenters. The molecule has 64 valence electrons. The molecule has 0 amide bonds. The quantitative estimate of drug-likeness (QED) is 0.410. The van der Waals surface area contributed by atoms with Crippen molar-refractivity contribution in [3.05, 3.63) is 0 Å². The van der Waals surface area contributed by atoms with Crippen LogP contribution in [0, 0.1) is 0 Å². The summed E-state index contributed by atoms with van der Waals surface area (Å²) < 4.78 is 5.27. The van der Waals surface area contributed by atoms with Crippen molar-refractivity contribution < 1.29 is 4.74 Å². The fourth-order valence-electron chi connectivity index (χ4n) is 1.32. The summed E-state index contributed by atoms with van der Waals surface area (Å²) in [5.41, 5.74) is 10.4. The monoisotopic (exact) mass is 157 g/mol. The maximum absolute atomic E-state index is 5.28. The maximum atomic E-state index is 5.28. The van der Waals surface area contributed by atoms with E-state index in [1.807, 2.05) is 6.92 Å². The van der Waals surface area contributed by atoms with Crippen LogP contribution in [0.3, 0.4) is 0 Å². The van der Waals surface area contributed by atoms with Crippen molar-refractivity contribution in [3.63, 3.8) is 0 Å². The van der Waals surface area contributed by atoms with Crippen LogP contribution in [0.1, 0.15) is 19.8 Å². The van der Waals surface area contributed by atoms with Gasteiger partial charge in [0.25, 0.3) is 0 Å². The predicted octanol–water partition coefficient (Wildman–Crippen LogP) is -0.171. The number of hydrogen-bond donors (Lipinski definition) is 2. The molecule has 0 aromatic carbocycles. The molecule has 1 aliphatic rings. The van der Waals surface area contributed by atoms with Gasteiger partial charge in [0.1, 0.15) is 0 Å². The van der Waals surface area contributed by atoms with Crippen LogP contribution in [0.25, 0.3) is 0 Å². The molecule has 4 N–H and O–H groups in total. The van der Waals surface area contributed by atoms with E-state index >= 15 is 0 Å². The average Bonchev–Trinajstić information content (AvgIpc) is 1.85. The van der Waals surface area contributed by atoms with Crippen molar-refractivity contribution in [2.45, 2.75) is 25.3 Å². The van der Waals surface area contributed by atoms with E-state index in [4.69, 9.17) is 16.2 Å². The third kappa shape index (κ3) is 2.38. The van der Waals surface area contributed by atoms with Gasteiger partial charge in [-0.2, -0.15) is 0 Å². The molecule has 0 saturated carbocycles. The Morgan fingerprint density at radius 1 is 1.55 bits per heavy atom. The van der Waals surface area contributed by atoms with Gasteiger partial charge < -0.3 is 16.2 Å². The van der Waals surface area contributed by atoms with Crippen LogP contribution in [-0.4, -0.2) is 24.7 Å². The van der Waals surface area contributed by atoms with E-state index in [0.29, 0.717) is 6.61 Å². The molecule has 0 aromatic heterocycles. The minimum Gasteiger partial charge on any atom is -0.379 e. The number of nitrogens with zero attached hydrogens (tertiary/aromatic N) is 1. The number of hydrogen-bond acceptors (Lipinski definition) is 2. The second-order valence-corrected chi connectivity index (χ2v) is 3.19. The Labute approximate surface area is 66.6 Å². The molecular formula is C7H15N3O.